The van der Waals surface area contributed by atoms with Crippen LogP contribution in [0, 0.1) is 5.92 Å². The van der Waals surface area contributed by atoms with Gasteiger partial charge < -0.3 is 15.0 Å². The molecule has 154 valence electrons. The van der Waals surface area contributed by atoms with E-state index in [1.807, 2.05) is 61.5 Å². The van der Waals surface area contributed by atoms with Gasteiger partial charge in [-0.2, -0.15) is 0 Å². The Labute approximate surface area is 177 Å². The van der Waals surface area contributed by atoms with Gasteiger partial charge >= 0.3 is 0 Å². The van der Waals surface area contributed by atoms with E-state index >= 15 is 0 Å². The summed E-state index contributed by atoms with van der Waals surface area (Å²) in [6, 6.07) is 17.0. The lowest BCUT2D eigenvalue weighted by Crippen LogP contribution is -2.46. The van der Waals surface area contributed by atoms with Crippen LogP contribution in [0.25, 0.3) is 0 Å². The number of carbonyl (C=O) groups excluding carboxylic acids is 2. The Bertz CT molecular complexity index is 820. The zero-order valence-electron chi connectivity index (χ0n) is 16.6. The van der Waals surface area contributed by atoms with Crippen LogP contribution in [0.15, 0.2) is 54.6 Å². The van der Waals surface area contributed by atoms with E-state index in [1.165, 1.54) is 0 Å². The van der Waals surface area contributed by atoms with Gasteiger partial charge in [0.1, 0.15) is 5.75 Å². The number of likely N-dealkylation sites (tertiary alicyclic amines) is 1. The molecule has 1 heterocycles. The van der Waals surface area contributed by atoms with Gasteiger partial charge in [-0.1, -0.05) is 48.0 Å². The standard InChI is InChI=1S/C23H27ClN2O3/c1-17(15-19-7-5-6-10-21(19)24)25-23(28)18-11-13-26(14-12-18)22(27)16-29-20-8-3-2-4-9-20/h2-10,17-18H,11-16H2,1H3,(H,25,28)/t17-/m1/s1. The lowest BCUT2D eigenvalue weighted by molar-refractivity contribution is -0.137. The zero-order chi connectivity index (χ0) is 20.6. The van der Waals surface area contributed by atoms with Gasteiger partial charge in [-0.15, -0.1) is 0 Å². The Morgan fingerprint density at radius 1 is 1.10 bits per heavy atom. The predicted molar refractivity (Wildman–Crippen MR) is 114 cm³/mol. The summed E-state index contributed by atoms with van der Waals surface area (Å²) in [5, 5.41) is 3.81. The molecule has 2 amide bonds. The largest absolute Gasteiger partial charge is 0.484 e. The van der Waals surface area contributed by atoms with E-state index in [0.29, 0.717) is 38.1 Å². The third kappa shape index (κ3) is 6.23. The van der Waals surface area contributed by atoms with E-state index in [9.17, 15) is 9.59 Å². The molecule has 1 N–H and O–H groups in total. The average molecular weight is 415 g/mol. The highest BCUT2D eigenvalue weighted by Gasteiger charge is 2.28. The summed E-state index contributed by atoms with van der Waals surface area (Å²) in [5.41, 5.74) is 1.03. The number of piperidine rings is 1. The molecule has 3 rings (SSSR count). The number of rotatable bonds is 7. The van der Waals surface area contributed by atoms with Crippen LogP contribution < -0.4 is 10.1 Å². The number of benzene rings is 2. The van der Waals surface area contributed by atoms with E-state index in [2.05, 4.69) is 5.32 Å². The molecule has 0 radical (unpaired) electrons. The molecule has 0 bridgehead atoms. The Morgan fingerprint density at radius 3 is 2.45 bits per heavy atom. The maximum absolute atomic E-state index is 12.6. The van der Waals surface area contributed by atoms with Crippen LogP contribution in [0.5, 0.6) is 5.75 Å². The maximum Gasteiger partial charge on any atom is 0.260 e. The van der Waals surface area contributed by atoms with Crippen molar-refractivity contribution in [1.29, 1.82) is 0 Å². The second-order valence-corrected chi connectivity index (χ2v) is 7.87. The molecule has 2 aromatic rings. The molecule has 1 aliphatic heterocycles. The lowest BCUT2D eigenvalue weighted by Gasteiger charge is -2.32. The highest BCUT2D eigenvalue weighted by Crippen LogP contribution is 2.20. The lowest BCUT2D eigenvalue weighted by atomic mass is 9.95. The number of nitrogens with zero attached hydrogens (tertiary/aromatic N) is 1. The third-order valence-corrected chi connectivity index (χ3v) is 5.57. The summed E-state index contributed by atoms with van der Waals surface area (Å²) in [7, 11) is 0. The van der Waals surface area contributed by atoms with Crippen LogP contribution >= 0.6 is 11.6 Å². The Hall–Kier alpha value is -2.53. The summed E-state index contributed by atoms with van der Waals surface area (Å²) in [5.74, 6) is 0.627. The Balaban J connectivity index is 1.40. The number of amides is 2. The number of carbonyl (C=O) groups is 2. The molecule has 0 spiro atoms. The topological polar surface area (TPSA) is 58.6 Å². The van der Waals surface area contributed by atoms with E-state index < -0.39 is 0 Å². The fourth-order valence-electron chi connectivity index (χ4n) is 3.55. The smallest absolute Gasteiger partial charge is 0.260 e. The van der Waals surface area contributed by atoms with Gasteiger partial charge in [0.25, 0.3) is 5.91 Å². The molecular weight excluding hydrogens is 388 g/mol. The first kappa shape index (κ1) is 21.2. The molecule has 1 atom stereocenters. The number of nitrogens with one attached hydrogen (secondary N) is 1. The van der Waals surface area contributed by atoms with Crippen molar-refractivity contribution in [2.45, 2.75) is 32.2 Å². The minimum Gasteiger partial charge on any atom is -0.484 e. The monoisotopic (exact) mass is 414 g/mol. The molecular formula is C23H27ClN2O3. The van der Waals surface area contributed by atoms with Crippen LogP contribution in [0.3, 0.4) is 0 Å². The average Bonchev–Trinajstić information content (AvgIpc) is 2.74. The fourth-order valence-corrected chi connectivity index (χ4v) is 3.76. The SMILES string of the molecule is C[C@H](Cc1ccccc1Cl)NC(=O)C1CCN(C(=O)COc2ccccc2)CC1. The van der Waals surface area contributed by atoms with Crippen molar-refractivity contribution in [3.05, 3.63) is 65.2 Å². The van der Waals surface area contributed by atoms with Crippen molar-refractivity contribution < 1.29 is 14.3 Å². The molecule has 6 heteroatoms. The summed E-state index contributed by atoms with van der Waals surface area (Å²) in [6.45, 7) is 3.17. The van der Waals surface area contributed by atoms with Crippen molar-refractivity contribution in [3.63, 3.8) is 0 Å². The van der Waals surface area contributed by atoms with Gasteiger partial charge in [-0.25, -0.2) is 0 Å². The third-order valence-electron chi connectivity index (χ3n) is 5.20. The molecule has 0 saturated carbocycles. The second-order valence-electron chi connectivity index (χ2n) is 7.46. The number of halogens is 1. The second kappa shape index (κ2) is 10.3. The highest BCUT2D eigenvalue weighted by atomic mass is 35.5. The highest BCUT2D eigenvalue weighted by molar-refractivity contribution is 6.31. The zero-order valence-corrected chi connectivity index (χ0v) is 17.4. The normalized spacial score (nSPS) is 15.6. The number of para-hydroxylation sites is 1. The van der Waals surface area contributed by atoms with Gasteiger partial charge in [-0.05, 0) is 49.9 Å². The van der Waals surface area contributed by atoms with Gasteiger partial charge in [0, 0.05) is 30.1 Å². The van der Waals surface area contributed by atoms with Crippen LogP contribution in [0.4, 0.5) is 0 Å². The predicted octanol–water partition coefficient (Wildman–Crippen LogP) is 3.70. The van der Waals surface area contributed by atoms with Crippen LogP contribution in [0.2, 0.25) is 5.02 Å². The summed E-state index contributed by atoms with van der Waals surface area (Å²) >= 11 is 6.20. The van der Waals surface area contributed by atoms with Gasteiger partial charge in [0.15, 0.2) is 6.61 Å². The molecule has 0 unspecified atom stereocenters. The van der Waals surface area contributed by atoms with Crippen LogP contribution in [-0.4, -0.2) is 42.5 Å². The van der Waals surface area contributed by atoms with E-state index in [0.717, 1.165) is 10.6 Å². The quantitative estimate of drug-likeness (QED) is 0.751. The molecule has 5 nitrogen and oxygen atoms in total. The molecule has 1 fully saturated rings. The van der Waals surface area contributed by atoms with E-state index in [1.54, 1.807) is 4.90 Å². The maximum atomic E-state index is 12.6. The van der Waals surface area contributed by atoms with Crippen molar-refractivity contribution in [2.75, 3.05) is 19.7 Å². The molecule has 1 aliphatic rings. The minimum atomic E-state index is -0.0669. The van der Waals surface area contributed by atoms with Gasteiger partial charge in [0.05, 0.1) is 0 Å². The molecule has 0 aliphatic carbocycles. The summed E-state index contributed by atoms with van der Waals surface area (Å²) < 4.78 is 5.53. The molecule has 29 heavy (non-hydrogen) atoms. The van der Waals surface area contributed by atoms with Crippen molar-refractivity contribution in [2.24, 2.45) is 5.92 Å². The van der Waals surface area contributed by atoms with Gasteiger partial charge in [0.2, 0.25) is 5.91 Å². The van der Waals surface area contributed by atoms with Crippen LogP contribution in [0.1, 0.15) is 25.3 Å². The fraction of sp³-hybridized carbons (Fsp3) is 0.391. The number of ether oxygens (including phenoxy) is 1. The van der Waals surface area contributed by atoms with Crippen LogP contribution in [-0.2, 0) is 16.0 Å². The first-order valence-electron chi connectivity index (χ1n) is 10.0. The number of hydrogen-bond acceptors (Lipinski definition) is 3. The van der Waals surface area contributed by atoms with Crippen molar-refractivity contribution >= 4 is 23.4 Å². The first-order valence-corrected chi connectivity index (χ1v) is 10.4. The Kier molecular flexibility index (Phi) is 7.53. The Morgan fingerprint density at radius 2 is 1.76 bits per heavy atom. The molecule has 1 saturated heterocycles. The minimum absolute atomic E-state index is 0.00124. The summed E-state index contributed by atoms with van der Waals surface area (Å²) in [4.78, 5) is 26.7. The first-order chi connectivity index (χ1) is 14.0. The van der Waals surface area contributed by atoms with Crippen molar-refractivity contribution in [3.8, 4) is 5.75 Å². The molecule has 0 aromatic heterocycles. The van der Waals surface area contributed by atoms with Gasteiger partial charge in [-0.3, -0.25) is 9.59 Å². The number of hydrogen-bond donors (Lipinski definition) is 1. The van der Waals surface area contributed by atoms with E-state index in [4.69, 9.17) is 16.3 Å². The van der Waals surface area contributed by atoms with Crippen molar-refractivity contribution in [1.82, 2.24) is 10.2 Å². The van der Waals surface area contributed by atoms with E-state index in [-0.39, 0.29) is 30.4 Å². The molecule has 2 aromatic carbocycles. The summed E-state index contributed by atoms with van der Waals surface area (Å²) in [6.07, 6.45) is 2.03.